The lowest BCUT2D eigenvalue weighted by Gasteiger charge is -2.19. The number of hydrogen-bond donors (Lipinski definition) is 0. The van der Waals surface area contributed by atoms with Crippen LogP contribution < -0.4 is 4.90 Å². The van der Waals surface area contributed by atoms with E-state index in [9.17, 15) is 9.59 Å². The summed E-state index contributed by atoms with van der Waals surface area (Å²) >= 11 is 0. The minimum Gasteiger partial charge on any atom is -0.468 e. The molecule has 0 atom stereocenters. The Bertz CT molecular complexity index is 401. The van der Waals surface area contributed by atoms with Crippen LogP contribution in [0.3, 0.4) is 0 Å². The van der Waals surface area contributed by atoms with E-state index in [1.807, 2.05) is 6.92 Å². The number of rotatable bonds is 5. The van der Waals surface area contributed by atoms with Gasteiger partial charge in [0, 0.05) is 12.4 Å². The Kier molecular flexibility index (Phi) is 5.04. The summed E-state index contributed by atoms with van der Waals surface area (Å²) < 4.78 is 9.11. The average Bonchev–Trinajstić information content (AvgIpc) is 2.38. The Morgan fingerprint density at radius 1 is 1.11 bits per heavy atom. The lowest BCUT2D eigenvalue weighted by Crippen LogP contribution is -2.36. The van der Waals surface area contributed by atoms with Gasteiger partial charge in [0.25, 0.3) is 0 Å². The fourth-order valence-corrected chi connectivity index (χ4v) is 1.19. The highest BCUT2D eigenvalue weighted by atomic mass is 16.5. The zero-order valence-electron chi connectivity index (χ0n) is 10.5. The zero-order valence-corrected chi connectivity index (χ0v) is 10.5. The number of methoxy groups -OCH3 is 2. The van der Waals surface area contributed by atoms with Gasteiger partial charge in [-0.1, -0.05) is 0 Å². The Balaban J connectivity index is 2.85. The second kappa shape index (κ2) is 6.53. The third kappa shape index (κ3) is 4.00. The molecule has 7 heteroatoms. The molecule has 0 saturated heterocycles. The van der Waals surface area contributed by atoms with Crippen molar-refractivity contribution >= 4 is 17.9 Å². The van der Waals surface area contributed by atoms with Gasteiger partial charge in [0.2, 0.25) is 5.95 Å². The number of aryl methyl sites for hydroxylation is 1. The predicted molar refractivity (Wildman–Crippen MR) is 63.0 cm³/mol. The van der Waals surface area contributed by atoms with Crippen LogP contribution in [-0.2, 0) is 19.1 Å². The monoisotopic (exact) mass is 253 g/mol. The number of esters is 2. The van der Waals surface area contributed by atoms with E-state index in [1.165, 1.54) is 19.1 Å². The van der Waals surface area contributed by atoms with Crippen LogP contribution >= 0.6 is 0 Å². The van der Waals surface area contributed by atoms with Crippen molar-refractivity contribution in [2.24, 2.45) is 0 Å². The summed E-state index contributed by atoms with van der Waals surface area (Å²) in [5, 5.41) is 0. The molecule has 1 aromatic heterocycles. The van der Waals surface area contributed by atoms with E-state index < -0.39 is 11.9 Å². The highest BCUT2D eigenvalue weighted by Gasteiger charge is 2.18. The number of hydrogen-bond acceptors (Lipinski definition) is 7. The third-order valence-electron chi connectivity index (χ3n) is 2.15. The van der Waals surface area contributed by atoms with Crippen LogP contribution in [0.15, 0.2) is 12.4 Å². The minimum absolute atomic E-state index is 0.116. The number of anilines is 1. The molecule has 1 aromatic rings. The van der Waals surface area contributed by atoms with Crippen LogP contribution in [0.1, 0.15) is 5.56 Å². The maximum Gasteiger partial charge on any atom is 0.325 e. The first-order valence-corrected chi connectivity index (χ1v) is 5.24. The molecule has 0 fully saturated rings. The molecule has 1 rings (SSSR count). The number of nitrogens with zero attached hydrogens (tertiary/aromatic N) is 3. The molecule has 0 amide bonds. The van der Waals surface area contributed by atoms with E-state index in [1.54, 1.807) is 12.4 Å². The van der Waals surface area contributed by atoms with Crippen molar-refractivity contribution in [3.05, 3.63) is 18.0 Å². The van der Waals surface area contributed by atoms with Crippen LogP contribution in [-0.4, -0.2) is 49.2 Å². The van der Waals surface area contributed by atoms with Gasteiger partial charge in [-0.15, -0.1) is 0 Å². The summed E-state index contributed by atoms with van der Waals surface area (Å²) in [4.78, 5) is 32.0. The zero-order chi connectivity index (χ0) is 13.5. The molecular formula is C11H15N3O4. The van der Waals surface area contributed by atoms with Gasteiger partial charge in [-0.25, -0.2) is 9.97 Å². The van der Waals surface area contributed by atoms with Gasteiger partial charge in [-0.05, 0) is 12.5 Å². The molecule has 0 spiro atoms. The predicted octanol–water partition coefficient (Wildman–Crippen LogP) is -0.0626. The van der Waals surface area contributed by atoms with Crippen molar-refractivity contribution in [1.29, 1.82) is 0 Å². The van der Waals surface area contributed by atoms with Gasteiger partial charge in [-0.3, -0.25) is 9.59 Å². The van der Waals surface area contributed by atoms with Crippen molar-refractivity contribution in [3.63, 3.8) is 0 Å². The molecule has 18 heavy (non-hydrogen) atoms. The fourth-order valence-electron chi connectivity index (χ4n) is 1.19. The summed E-state index contributed by atoms with van der Waals surface area (Å²) in [5.41, 5.74) is 0.884. The number of aromatic nitrogens is 2. The molecule has 7 nitrogen and oxygen atoms in total. The summed E-state index contributed by atoms with van der Waals surface area (Å²) in [7, 11) is 2.54. The third-order valence-corrected chi connectivity index (χ3v) is 2.15. The fraction of sp³-hybridized carbons (Fsp3) is 0.455. The van der Waals surface area contributed by atoms with Crippen molar-refractivity contribution in [2.45, 2.75) is 6.92 Å². The smallest absolute Gasteiger partial charge is 0.325 e. The standard InChI is InChI=1S/C11H15N3O4/c1-8-4-12-11(13-5-8)14(6-9(15)17-2)7-10(16)18-3/h4-5H,6-7H2,1-3H3. The van der Waals surface area contributed by atoms with Crippen molar-refractivity contribution in [3.8, 4) is 0 Å². The molecule has 0 unspecified atom stereocenters. The lowest BCUT2D eigenvalue weighted by molar-refractivity contribution is -0.140. The summed E-state index contributed by atoms with van der Waals surface area (Å²) in [5.74, 6) is -0.692. The van der Waals surface area contributed by atoms with Gasteiger partial charge in [0.15, 0.2) is 0 Å². The van der Waals surface area contributed by atoms with Gasteiger partial charge in [0.05, 0.1) is 14.2 Å². The van der Waals surface area contributed by atoms with Crippen LogP contribution in [0.5, 0.6) is 0 Å². The second-order valence-electron chi connectivity index (χ2n) is 3.57. The van der Waals surface area contributed by atoms with Gasteiger partial charge in [0.1, 0.15) is 13.1 Å². The Hall–Kier alpha value is -2.18. The maximum absolute atomic E-state index is 11.3. The summed E-state index contributed by atoms with van der Waals surface area (Å²) in [6.07, 6.45) is 3.20. The molecule has 0 bridgehead atoms. The van der Waals surface area contributed by atoms with Gasteiger partial charge in [-0.2, -0.15) is 0 Å². The highest BCUT2D eigenvalue weighted by Crippen LogP contribution is 2.07. The maximum atomic E-state index is 11.3. The lowest BCUT2D eigenvalue weighted by atomic mass is 10.4. The molecule has 0 aliphatic heterocycles. The molecule has 0 aromatic carbocycles. The van der Waals surface area contributed by atoms with E-state index in [4.69, 9.17) is 0 Å². The Labute approximate surface area is 105 Å². The quantitative estimate of drug-likeness (QED) is 0.680. The van der Waals surface area contributed by atoms with Crippen LogP contribution in [0.25, 0.3) is 0 Å². The first-order valence-electron chi connectivity index (χ1n) is 5.24. The van der Waals surface area contributed by atoms with Crippen molar-refractivity contribution in [2.75, 3.05) is 32.2 Å². The van der Waals surface area contributed by atoms with E-state index in [-0.39, 0.29) is 19.0 Å². The molecule has 98 valence electrons. The van der Waals surface area contributed by atoms with Gasteiger partial charge < -0.3 is 14.4 Å². The number of carbonyl (C=O) groups is 2. The molecule has 1 heterocycles. The van der Waals surface area contributed by atoms with E-state index >= 15 is 0 Å². The summed E-state index contributed by atoms with van der Waals surface area (Å²) in [6.45, 7) is 1.61. The number of carbonyl (C=O) groups excluding carboxylic acids is 2. The van der Waals surface area contributed by atoms with Crippen LogP contribution in [0.2, 0.25) is 0 Å². The molecule has 0 radical (unpaired) electrons. The normalized spacial score (nSPS) is 9.72. The highest BCUT2D eigenvalue weighted by molar-refractivity contribution is 5.80. The Morgan fingerprint density at radius 2 is 1.56 bits per heavy atom. The SMILES string of the molecule is COC(=O)CN(CC(=O)OC)c1ncc(C)cn1. The topological polar surface area (TPSA) is 81.6 Å². The van der Waals surface area contributed by atoms with Crippen molar-refractivity contribution < 1.29 is 19.1 Å². The molecular weight excluding hydrogens is 238 g/mol. The minimum atomic E-state index is -0.483. The van der Waals surface area contributed by atoms with Crippen LogP contribution in [0, 0.1) is 6.92 Å². The summed E-state index contributed by atoms with van der Waals surface area (Å²) in [6, 6.07) is 0. The van der Waals surface area contributed by atoms with Gasteiger partial charge >= 0.3 is 11.9 Å². The largest absolute Gasteiger partial charge is 0.468 e. The molecule has 0 saturated carbocycles. The Morgan fingerprint density at radius 3 is 1.94 bits per heavy atom. The first-order chi connectivity index (χ1) is 8.56. The first kappa shape index (κ1) is 13.9. The van der Waals surface area contributed by atoms with E-state index in [0.717, 1.165) is 5.56 Å². The van der Waals surface area contributed by atoms with E-state index in [0.29, 0.717) is 0 Å². The second-order valence-corrected chi connectivity index (χ2v) is 3.57. The van der Waals surface area contributed by atoms with Crippen molar-refractivity contribution in [1.82, 2.24) is 9.97 Å². The average molecular weight is 253 g/mol. The molecule has 0 aliphatic rings. The molecule has 0 aliphatic carbocycles. The van der Waals surface area contributed by atoms with E-state index in [2.05, 4.69) is 19.4 Å². The number of ether oxygens (including phenoxy) is 2. The molecule has 0 N–H and O–H groups in total. The van der Waals surface area contributed by atoms with Crippen LogP contribution in [0.4, 0.5) is 5.95 Å².